The summed E-state index contributed by atoms with van der Waals surface area (Å²) >= 11 is 0. The first-order valence-corrected chi connectivity index (χ1v) is 12.4. The van der Waals surface area contributed by atoms with Crippen LogP contribution in [0, 0.1) is 6.92 Å². The van der Waals surface area contributed by atoms with Gasteiger partial charge in [0.25, 0.3) is 11.5 Å². The number of nitrogens with one attached hydrogen (secondary N) is 2. The van der Waals surface area contributed by atoms with Crippen molar-refractivity contribution >= 4 is 23.1 Å². The van der Waals surface area contributed by atoms with E-state index >= 15 is 0 Å². The van der Waals surface area contributed by atoms with Crippen molar-refractivity contribution in [2.24, 2.45) is 7.05 Å². The normalized spacial score (nSPS) is 10.8. The minimum absolute atomic E-state index is 0.0493. The van der Waals surface area contributed by atoms with Gasteiger partial charge in [0.05, 0.1) is 12.3 Å². The number of hydrogen-bond acceptors (Lipinski definition) is 5. The molecule has 0 aliphatic rings. The van der Waals surface area contributed by atoms with E-state index in [0.29, 0.717) is 22.6 Å². The number of anilines is 3. The summed E-state index contributed by atoms with van der Waals surface area (Å²) in [5.41, 5.74) is 5.89. The van der Waals surface area contributed by atoms with E-state index in [1.165, 1.54) is 4.57 Å². The molecule has 0 saturated heterocycles. The van der Waals surface area contributed by atoms with E-state index < -0.39 is 0 Å². The fraction of sp³-hybridized carbons (Fsp3) is 0.233. The Labute approximate surface area is 216 Å². The number of unbranched alkanes of at least 4 members (excludes halogenated alkanes) is 1. The van der Waals surface area contributed by atoms with Gasteiger partial charge >= 0.3 is 0 Å². The number of aliphatic hydroxyl groups excluding tert-OH is 1. The molecule has 4 rings (SSSR count). The molecule has 1 aromatic heterocycles. The molecule has 0 aliphatic carbocycles. The molecule has 0 bridgehead atoms. The van der Waals surface area contributed by atoms with Crippen LogP contribution in [0.15, 0.2) is 77.7 Å². The zero-order valence-corrected chi connectivity index (χ0v) is 21.4. The average Bonchev–Trinajstić information content (AvgIpc) is 2.91. The number of carbonyl (C=O) groups is 1. The highest BCUT2D eigenvalue weighted by atomic mass is 16.3. The van der Waals surface area contributed by atoms with E-state index in [0.717, 1.165) is 41.5 Å². The van der Waals surface area contributed by atoms with Gasteiger partial charge in [-0.25, -0.2) is 4.98 Å². The van der Waals surface area contributed by atoms with Crippen molar-refractivity contribution in [2.75, 3.05) is 10.6 Å². The van der Waals surface area contributed by atoms with Crippen molar-refractivity contribution in [3.8, 4) is 11.3 Å². The first kappa shape index (κ1) is 25.9. The Bertz CT molecular complexity index is 1460. The number of amides is 1. The second-order valence-electron chi connectivity index (χ2n) is 9.06. The van der Waals surface area contributed by atoms with Gasteiger partial charge in [-0.05, 0) is 60.7 Å². The minimum Gasteiger partial charge on any atom is -0.392 e. The van der Waals surface area contributed by atoms with Crippen LogP contribution < -0.4 is 16.2 Å². The lowest BCUT2D eigenvalue weighted by Gasteiger charge is -2.15. The molecule has 0 atom stereocenters. The molecule has 7 heteroatoms. The zero-order chi connectivity index (χ0) is 26.4. The van der Waals surface area contributed by atoms with Crippen LogP contribution in [0.2, 0.25) is 0 Å². The largest absolute Gasteiger partial charge is 0.392 e. The molecule has 3 aromatic carbocycles. The van der Waals surface area contributed by atoms with Crippen LogP contribution in [-0.4, -0.2) is 20.6 Å². The first-order valence-electron chi connectivity index (χ1n) is 12.4. The summed E-state index contributed by atoms with van der Waals surface area (Å²) in [4.78, 5) is 30.6. The molecular formula is C30H32N4O3. The standard InChI is InChI=1S/C30H32N4O3/c1-4-5-9-22-10-6-7-11-25(22)29(36)33-26-13-8-12-24(20(26)2)27-18-34(3)30(37)28(32-27)31-23-16-14-21(19-35)15-17-23/h6-8,10-18,35H,4-5,9,19H2,1-3H3,(H,31,32)(H,33,36). The second kappa shape index (κ2) is 11.7. The van der Waals surface area contributed by atoms with Gasteiger partial charge in [-0.15, -0.1) is 0 Å². The lowest BCUT2D eigenvalue weighted by Crippen LogP contribution is -2.21. The molecule has 190 valence electrons. The van der Waals surface area contributed by atoms with Crippen LogP contribution in [0.3, 0.4) is 0 Å². The third-order valence-corrected chi connectivity index (χ3v) is 6.39. The maximum atomic E-state index is 13.2. The lowest BCUT2D eigenvalue weighted by atomic mass is 10.0. The fourth-order valence-corrected chi connectivity index (χ4v) is 4.21. The quantitative estimate of drug-likeness (QED) is 0.281. The van der Waals surface area contributed by atoms with Gasteiger partial charge < -0.3 is 20.3 Å². The van der Waals surface area contributed by atoms with Gasteiger partial charge in [0.15, 0.2) is 5.82 Å². The Morgan fingerprint density at radius 2 is 1.78 bits per heavy atom. The molecule has 3 N–H and O–H groups in total. The summed E-state index contributed by atoms with van der Waals surface area (Å²) in [6.45, 7) is 4.02. The number of carbonyl (C=O) groups excluding carboxylic acids is 1. The van der Waals surface area contributed by atoms with Crippen LogP contribution in [-0.2, 0) is 20.1 Å². The van der Waals surface area contributed by atoms with Crippen molar-refractivity contribution in [3.05, 3.63) is 106 Å². The molecule has 1 heterocycles. The molecule has 37 heavy (non-hydrogen) atoms. The number of nitrogens with zero attached hydrogens (tertiary/aromatic N) is 2. The maximum Gasteiger partial charge on any atom is 0.293 e. The van der Waals surface area contributed by atoms with Gasteiger partial charge in [0.2, 0.25) is 0 Å². The molecule has 1 amide bonds. The van der Waals surface area contributed by atoms with E-state index in [9.17, 15) is 14.7 Å². The van der Waals surface area contributed by atoms with Crippen LogP contribution in [0.5, 0.6) is 0 Å². The Kier molecular flexibility index (Phi) is 8.15. The van der Waals surface area contributed by atoms with Crippen LogP contribution in [0.1, 0.15) is 46.8 Å². The third-order valence-electron chi connectivity index (χ3n) is 6.39. The molecular weight excluding hydrogens is 464 g/mol. The average molecular weight is 497 g/mol. The number of aromatic nitrogens is 2. The highest BCUT2D eigenvalue weighted by Crippen LogP contribution is 2.28. The van der Waals surface area contributed by atoms with Crippen LogP contribution in [0.25, 0.3) is 11.3 Å². The smallest absolute Gasteiger partial charge is 0.293 e. The summed E-state index contributed by atoms with van der Waals surface area (Å²) in [6, 6.07) is 20.5. The summed E-state index contributed by atoms with van der Waals surface area (Å²) < 4.78 is 1.49. The summed E-state index contributed by atoms with van der Waals surface area (Å²) in [5, 5.41) is 15.4. The van der Waals surface area contributed by atoms with Crippen molar-refractivity contribution in [1.29, 1.82) is 0 Å². The predicted octanol–water partition coefficient (Wildman–Crippen LogP) is 5.59. The highest BCUT2D eigenvalue weighted by Gasteiger charge is 2.16. The Morgan fingerprint density at radius 3 is 2.51 bits per heavy atom. The van der Waals surface area contributed by atoms with Crippen LogP contribution >= 0.6 is 0 Å². The Morgan fingerprint density at radius 1 is 1.03 bits per heavy atom. The van der Waals surface area contributed by atoms with Crippen molar-refractivity contribution in [2.45, 2.75) is 39.7 Å². The van der Waals surface area contributed by atoms with Gasteiger partial charge in [0, 0.05) is 35.7 Å². The molecule has 7 nitrogen and oxygen atoms in total. The number of aliphatic hydroxyl groups is 1. The topological polar surface area (TPSA) is 96.2 Å². The molecule has 0 spiro atoms. The van der Waals surface area contributed by atoms with Crippen LogP contribution in [0.4, 0.5) is 17.2 Å². The second-order valence-corrected chi connectivity index (χ2v) is 9.06. The lowest BCUT2D eigenvalue weighted by molar-refractivity contribution is 0.102. The fourth-order valence-electron chi connectivity index (χ4n) is 4.21. The minimum atomic E-state index is -0.263. The molecule has 0 aliphatic heterocycles. The first-order chi connectivity index (χ1) is 17.9. The van der Waals surface area contributed by atoms with E-state index in [-0.39, 0.29) is 23.9 Å². The van der Waals surface area contributed by atoms with E-state index in [4.69, 9.17) is 0 Å². The third kappa shape index (κ3) is 5.95. The summed E-state index contributed by atoms with van der Waals surface area (Å²) in [6.07, 6.45) is 4.64. The summed E-state index contributed by atoms with van der Waals surface area (Å²) in [5.74, 6) is 0.0458. The Balaban J connectivity index is 1.64. The van der Waals surface area contributed by atoms with Gasteiger partial charge in [-0.2, -0.15) is 0 Å². The maximum absolute atomic E-state index is 13.2. The monoisotopic (exact) mass is 496 g/mol. The SMILES string of the molecule is CCCCc1ccccc1C(=O)Nc1cccc(-c2cn(C)c(=O)c(Nc3ccc(CO)cc3)n2)c1C. The Hall–Kier alpha value is -4.23. The van der Waals surface area contributed by atoms with E-state index in [1.54, 1.807) is 37.5 Å². The molecule has 0 unspecified atom stereocenters. The van der Waals surface area contributed by atoms with Gasteiger partial charge in [-0.1, -0.05) is 55.8 Å². The molecule has 4 aromatic rings. The van der Waals surface area contributed by atoms with Gasteiger partial charge in [0.1, 0.15) is 0 Å². The van der Waals surface area contributed by atoms with Crippen molar-refractivity contribution in [1.82, 2.24) is 9.55 Å². The number of rotatable bonds is 9. The highest BCUT2D eigenvalue weighted by molar-refractivity contribution is 6.06. The molecule has 0 saturated carbocycles. The van der Waals surface area contributed by atoms with E-state index in [1.807, 2.05) is 49.4 Å². The summed E-state index contributed by atoms with van der Waals surface area (Å²) in [7, 11) is 1.68. The zero-order valence-electron chi connectivity index (χ0n) is 21.4. The number of benzene rings is 3. The van der Waals surface area contributed by atoms with Gasteiger partial charge in [-0.3, -0.25) is 9.59 Å². The molecule has 0 fully saturated rings. The predicted molar refractivity (Wildman–Crippen MR) is 148 cm³/mol. The number of hydrogen-bond donors (Lipinski definition) is 3. The van der Waals surface area contributed by atoms with Crippen molar-refractivity contribution in [3.63, 3.8) is 0 Å². The number of aryl methyl sites for hydroxylation is 2. The van der Waals surface area contributed by atoms with E-state index in [2.05, 4.69) is 22.5 Å². The molecule has 0 radical (unpaired) electrons. The van der Waals surface area contributed by atoms with Crippen molar-refractivity contribution < 1.29 is 9.90 Å².